The predicted octanol–water partition coefficient (Wildman–Crippen LogP) is 1.99. The lowest BCUT2D eigenvalue weighted by atomic mass is 9.72. The van der Waals surface area contributed by atoms with Gasteiger partial charge in [-0.3, -0.25) is 9.59 Å². The number of hydrogen-bond acceptors (Lipinski definition) is 6. The Morgan fingerprint density at radius 1 is 1.04 bits per heavy atom. The van der Waals surface area contributed by atoms with Crippen LogP contribution in [-0.2, 0) is 6.42 Å². The van der Waals surface area contributed by atoms with Gasteiger partial charge in [-0.15, -0.1) is 0 Å². The number of aliphatic hydroxyl groups is 2. The molecule has 0 saturated carbocycles. The van der Waals surface area contributed by atoms with E-state index in [-0.39, 0.29) is 46.2 Å². The highest BCUT2D eigenvalue weighted by Gasteiger charge is 2.44. The highest BCUT2D eigenvalue weighted by molar-refractivity contribution is 6.30. The van der Waals surface area contributed by atoms with Crippen LogP contribution in [0.4, 0.5) is 0 Å². The molecule has 134 valence electrons. The maximum atomic E-state index is 12.9. The van der Waals surface area contributed by atoms with E-state index in [9.17, 15) is 30.0 Å². The van der Waals surface area contributed by atoms with Crippen LogP contribution in [0.1, 0.15) is 68.8 Å². The van der Waals surface area contributed by atoms with Crippen LogP contribution >= 0.6 is 0 Å². The van der Waals surface area contributed by atoms with Gasteiger partial charge in [0.25, 0.3) is 0 Å². The summed E-state index contributed by atoms with van der Waals surface area (Å²) in [5.74, 6) is -2.09. The molecule has 2 aliphatic rings. The van der Waals surface area contributed by atoms with Crippen molar-refractivity contribution in [3.05, 3.63) is 57.6 Å². The number of aliphatic hydroxyl groups excluding tert-OH is 1. The van der Waals surface area contributed by atoms with Crippen molar-refractivity contribution >= 4 is 11.6 Å². The third kappa shape index (κ3) is 2.06. The number of carbonyl (C=O) groups is 2. The SMILES string of the molecule is CC[C@]1(O)Cc2c(O)c3c(c(O)c2[C@@H](O)C1)C(=O)c1ccccc1C3=O. The zero-order valence-corrected chi connectivity index (χ0v) is 14.1. The minimum atomic E-state index is -1.26. The Hall–Kier alpha value is -2.70. The Morgan fingerprint density at radius 2 is 1.58 bits per heavy atom. The number of aromatic hydroxyl groups is 2. The van der Waals surface area contributed by atoms with Crippen molar-refractivity contribution in [2.45, 2.75) is 37.9 Å². The number of ketones is 2. The average Bonchev–Trinajstić information content (AvgIpc) is 2.62. The van der Waals surface area contributed by atoms with E-state index in [0.717, 1.165) is 0 Å². The first-order valence-electron chi connectivity index (χ1n) is 8.48. The summed E-state index contributed by atoms with van der Waals surface area (Å²) in [6.45, 7) is 1.75. The second-order valence-electron chi connectivity index (χ2n) is 7.02. The Morgan fingerprint density at radius 3 is 2.12 bits per heavy atom. The molecule has 0 saturated heterocycles. The topological polar surface area (TPSA) is 115 Å². The molecule has 4 rings (SSSR count). The maximum Gasteiger partial charge on any atom is 0.198 e. The van der Waals surface area contributed by atoms with Crippen molar-refractivity contribution in [3.63, 3.8) is 0 Å². The summed E-state index contributed by atoms with van der Waals surface area (Å²) in [6.07, 6.45) is -0.969. The first kappa shape index (κ1) is 16.8. The highest BCUT2D eigenvalue weighted by Crippen LogP contribution is 2.50. The zero-order valence-electron chi connectivity index (χ0n) is 14.1. The van der Waals surface area contributed by atoms with Crippen molar-refractivity contribution in [1.29, 1.82) is 0 Å². The van der Waals surface area contributed by atoms with E-state index in [4.69, 9.17) is 0 Å². The van der Waals surface area contributed by atoms with Crippen molar-refractivity contribution in [1.82, 2.24) is 0 Å². The molecule has 2 aromatic carbocycles. The lowest BCUT2D eigenvalue weighted by Gasteiger charge is -2.37. The molecule has 2 atom stereocenters. The van der Waals surface area contributed by atoms with Crippen molar-refractivity contribution in [3.8, 4) is 11.5 Å². The van der Waals surface area contributed by atoms with Gasteiger partial charge in [0, 0.05) is 35.1 Å². The lowest BCUT2D eigenvalue weighted by molar-refractivity contribution is -0.0260. The molecular weight excluding hydrogens is 336 g/mol. The molecule has 0 aliphatic heterocycles. The van der Waals surface area contributed by atoms with Crippen LogP contribution in [0.25, 0.3) is 0 Å². The summed E-state index contributed by atoms with van der Waals surface area (Å²) in [4.78, 5) is 25.7. The first-order valence-corrected chi connectivity index (χ1v) is 8.48. The van der Waals surface area contributed by atoms with Gasteiger partial charge in [-0.25, -0.2) is 0 Å². The molecule has 0 unspecified atom stereocenters. The molecule has 0 fully saturated rings. The Kier molecular flexibility index (Phi) is 3.48. The van der Waals surface area contributed by atoms with E-state index >= 15 is 0 Å². The van der Waals surface area contributed by atoms with E-state index in [1.54, 1.807) is 19.1 Å². The van der Waals surface area contributed by atoms with Gasteiger partial charge in [-0.05, 0) is 6.42 Å². The summed E-state index contributed by atoms with van der Waals surface area (Å²) in [5, 5.41) is 42.5. The van der Waals surface area contributed by atoms with Gasteiger partial charge in [0.1, 0.15) is 11.5 Å². The largest absolute Gasteiger partial charge is 0.507 e. The number of phenols is 2. The molecule has 0 spiro atoms. The van der Waals surface area contributed by atoms with E-state index in [0.29, 0.717) is 6.42 Å². The third-order valence-corrected chi connectivity index (χ3v) is 5.53. The quantitative estimate of drug-likeness (QED) is 0.497. The first-order chi connectivity index (χ1) is 12.3. The van der Waals surface area contributed by atoms with E-state index < -0.39 is 34.8 Å². The van der Waals surface area contributed by atoms with Crippen molar-refractivity contribution in [2.75, 3.05) is 0 Å². The maximum absolute atomic E-state index is 12.9. The third-order valence-electron chi connectivity index (χ3n) is 5.53. The molecule has 0 aromatic heterocycles. The molecular formula is C20H18O6. The number of rotatable bonds is 1. The van der Waals surface area contributed by atoms with Gasteiger partial charge >= 0.3 is 0 Å². The van der Waals surface area contributed by atoms with Gasteiger partial charge in [-0.2, -0.15) is 0 Å². The van der Waals surface area contributed by atoms with Crippen LogP contribution in [0.3, 0.4) is 0 Å². The summed E-state index contributed by atoms with van der Waals surface area (Å²) in [7, 11) is 0. The molecule has 0 radical (unpaired) electrons. The molecule has 0 heterocycles. The summed E-state index contributed by atoms with van der Waals surface area (Å²) in [6, 6.07) is 6.21. The number of fused-ring (bicyclic) bond motifs is 3. The molecule has 6 nitrogen and oxygen atoms in total. The molecule has 4 N–H and O–H groups in total. The minimum Gasteiger partial charge on any atom is -0.507 e. The van der Waals surface area contributed by atoms with Crippen LogP contribution in [0.2, 0.25) is 0 Å². The van der Waals surface area contributed by atoms with E-state index in [1.807, 2.05) is 0 Å². The standard InChI is InChI=1S/C20H18O6/c1-2-20(26)7-11-13(12(21)8-20)19(25)15-14(18(11)24)16(22)9-5-3-4-6-10(9)17(15)23/h3-6,12,21,24-26H,2,7-8H2,1H3/t12-,20-/m0/s1. The van der Waals surface area contributed by atoms with Gasteiger partial charge in [0.15, 0.2) is 11.6 Å². The van der Waals surface area contributed by atoms with Crippen LogP contribution < -0.4 is 0 Å². The Bertz CT molecular complexity index is 977. The molecule has 2 aliphatic carbocycles. The van der Waals surface area contributed by atoms with Crippen LogP contribution in [-0.4, -0.2) is 37.6 Å². The predicted molar refractivity (Wildman–Crippen MR) is 91.6 cm³/mol. The fourth-order valence-corrected chi connectivity index (χ4v) is 4.05. The molecule has 26 heavy (non-hydrogen) atoms. The highest BCUT2D eigenvalue weighted by atomic mass is 16.3. The van der Waals surface area contributed by atoms with Crippen LogP contribution in [0.15, 0.2) is 24.3 Å². The van der Waals surface area contributed by atoms with Crippen LogP contribution in [0, 0.1) is 0 Å². The number of hydrogen-bond donors (Lipinski definition) is 4. The van der Waals surface area contributed by atoms with Crippen molar-refractivity contribution in [2.24, 2.45) is 0 Å². The normalized spacial score (nSPS) is 24.0. The molecule has 0 bridgehead atoms. The van der Waals surface area contributed by atoms with E-state index in [2.05, 4.69) is 0 Å². The fraction of sp³-hybridized carbons (Fsp3) is 0.300. The summed E-state index contributed by atoms with van der Waals surface area (Å²) >= 11 is 0. The molecule has 6 heteroatoms. The van der Waals surface area contributed by atoms with Crippen molar-refractivity contribution < 1.29 is 30.0 Å². The van der Waals surface area contributed by atoms with Crippen LogP contribution in [0.5, 0.6) is 11.5 Å². The van der Waals surface area contributed by atoms with Gasteiger partial charge < -0.3 is 20.4 Å². The average molecular weight is 354 g/mol. The monoisotopic (exact) mass is 354 g/mol. The fourth-order valence-electron chi connectivity index (χ4n) is 4.05. The lowest BCUT2D eigenvalue weighted by Crippen LogP contribution is -2.38. The zero-order chi connectivity index (χ0) is 18.8. The Labute approximate surface area is 149 Å². The minimum absolute atomic E-state index is 0.0138. The second-order valence-corrected chi connectivity index (χ2v) is 7.02. The van der Waals surface area contributed by atoms with Gasteiger partial charge in [0.05, 0.1) is 22.8 Å². The molecule has 2 aromatic rings. The van der Waals surface area contributed by atoms with Gasteiger partial charge in [-0.1, -0.05) is 31.2 Å². The van der Waals surface area contributed by atoms with Gasteiger partial charge in [0.2, 0.25) is 0 Å². The number of carbonyl (C=O) groups excluding carboxylic acids is 2. The smallest absolute Gasteiger partial charge is 0.198 e. The summed E-state index contributed by atoms with van der Waals surface area (Å²) < 4.78 is 0. The number of benzene rings is 2. The number of phenolic OH excluding ortho intramolecular Hbond substituents is 2. The second kappa shape index (κ2) is 5.40. The Balaban J connectivity index is 2.04. The summed E-state index contributed by atoms with van der Waals surface area (Å²) in [5.41, 5.74) is -1.38. The molecule has 0 amide bonds. The van der Waals surface area contributed by atoms with E-state index in [1.165, 1.54) is 12.1 Å².